The molecule has 2 aromatic heterocycles. The molecule has 0 unspecified atom stereocenters. The number of nitrogens with zero attached hydrogens (tertiary/aromatic N) is 7. The molecule has 1 aliphatic carbocycles. The highest BCUT2D eigenvalue weighted by atomic mass is 16.2. The first kappa shape index (κ1) is 15.2. The average Bonchev–Trinajstić information content (AvgIpc) is 3.37. The Bertz CT molecular complexity index is 752. The van der Waals surface area contributed by atoms with Gasteiger partial charge in [0.05, 0.1) is 0 Å². The molecule has 128 valence electrons. The molecule has 2 fully saturated rings. The summed E-state index contributed by atoms with van der Waals surface area (Å²) >= 11 is 0. The number of hydrogen-bond acceptors (Lipinski definition) is 5. The van der Waals surface area contributed by atoms with Crippen LogP contribution in [-0.4, -0.2) is 75.9 Å². The van der Waals surface area contributed by atoms with Crippen LogP contribution in [0.2, 0.25) is 0 Å². The molecule has 1 saturated carbocycles. The third kappa shape index (κ3) is 2.76. The summed E-state index contributed by atoms with van der Waals surface area (Å²) < 4.78 is 1.89. The van der Waals surface area contributed by atoms with Gasteiger partial charge in [0.2, 0.25) is 0 Å². The monoisotopic (exact) mass is 329 g/mol. The van der Waals surface area contributed by atoms with Crippen LogP contribution >= 0.6 is 0 Å². The Morgan fingerprint density at radius 1 is 1.12 bits per heavy atom. The summed E-state index contributed by atoms with van der Waals surface area (Å²) in [6.07, 6.45) is 3.30. The maximum absolute atomic E-state index is 12.2. The van der Waals surface area contributed by atoms with Crippen LogP contribution in [0.3, 0.4) is 0 Å². The summed E-state index contributed by atoms with van der Waals surface area (Å²) in [6.45, 7) is 3.19. The van der Waals surface area contributed by atoms with Gasteiger partial charge in [0.25, 0.3) is 0 Å². The predicted octanol–water partition coefficient (Wildman–Crippen LogP) is 1.20. The summed E-state index contributed by atoms with van der Waals surface area (Å²) in [5.41, 5.74) is 0.805. The highest BCUT2D eigenvalue weighted by Crippen LogP contribution is 2.38. The molecule has 4 rings (SSSR count). The maximum Gasteiger partial charge on any atom is 0.319 e. The third-order valence-electron chi connectivity index (χ3n) is 4.69. The zero-order valence-corrected chi connectivity index (χ0v) is 14.2. The lowest BCUT2D eigenvalue weighted by molar-refractivity contribution is 0.174. The van der Waals surface area contributed by atoms with Gasteiger partial charge in [0, 0.05) is 46.2 Å². The van der Waals surface area contributed by atoms with Crippen molar-refractivity contribution >= 4 is 17.5 Å². The fraction of sp³-hybridized carbons (Fsp3) is 0.625. The topological polar surface area (TPSA) is 69.9 Å². The van der Waals surface area contributed by atoms with Crippen LogP contribution in [0.4, 0.5) is 10.6 Å². The molecule has 8 nitrogen and oxygen atoms in total. The largest absolute Gasteiger partial charge is 0.353 e. The minimum atomic E-state index is 0.0788. The Labute approximate surface area is 141 Å². The van der Waals surface area contributed by atoms with E-state index in [0.717, 1.165) is 43.3 Å². The van der Waals surface area contributed by atoms with Gasteiger partial charge < -0.3 is 14.7 Å². The predicted molar refractivity (Wildman–Crippen MR) is 90.2 cm³/mol. The molecule has 8 heteroatoms. The van der Waals surface area contributed by atoms with Crippen molar-refractivity contribution in [1.82, 2.24) is 29.6 Å². The Kier molecular flexibility index (Phi) is 3.74. The Hall–Kier alpha value is -2.38. The molecule has 2 aliphatic rings. The van der Waals surface area contributed by atoms with Crippen molar-refractivity contribution in [2.45, 2.75) is 25.2 Å². The minimum absolute atomic E-state index is 0.0788. The SMILES string of the molecule is CN(C)C(=O)N1CCCN(c2ccc3nnc(C4CC4)n3n2)CC1. The van der Waals surface area contributed by atoms with Crippen LogP contribution in [0.25, 0.3) is 5.65 Å². The van der Waals surface area contributed by atoms with Crippen LogP contribution in [0.5, 0.6) is 0 Å². The first-order chi connectivity index (χ1) is 11.6. The second kappa shape index (κ2) is 5.92. The summed E-state index contributed by atoms with van der Waals surface area (Å²) in [6, 6.07) is 4.06. The zero-order valence-electron chi connectivity index (χ0n) is 14.2. The van der Waals surface area contributed by atoms with Crippen LogP contribution in [0.1, 0.15) is 31.0 Å². The van der Waals surface area contributed by atoms with E-state index in [9.17, 15) is 4.79 Å². The van der Waals surface area contributed by atoms with E-state index >= 15 is 0 Å². The van der Waals surface area contributed by atoms with Gasteiger partial charge in [-0.25, -0.2) is 4.79 Å². The van der Waals surface area contributed by atoms with Gasteiger partial charge >= 0.3 is 6.03 Å². The number of hydrogen-bond donors (Lipinski definition) is 0. The molecule has 0 atom stereocenters. The molecule has 24 heavy (non-hydrogen) atoms. The van der Waals surface area contributed by atoms with Crippen molar-refractivity contribution in [2.24, 2.45) is 0 Å². The van der Waals surface area contributed by atoms with Gasteiger partial charge in [-0.2, -0.15) is 4.52 Å². The van der Waals surface area contributed by atoms with E-state index in [2.05, 4.69) is 15.1 Å². The Morgan fingerprint density at radius 3 is 2.71 bits per heavy atom. The number of carbonyl (C=O) groups is 1. The van der Waals surface area contributed by atoms with E-state index < -0.39 is 0 Å². The number of urea groups is 1. The molecular formula is C16H23N7O. The van der Waals surface area contributed by atoms with Gasteiger partial charge in [0.15, 0.2) is 11.5 Å². The smallest absolute Gasteiger partial charge is 0.319 e. The fourth-order valence-electron chi connectivity index (χ4n) is 3.18. The molecule has 1 aliphatic heterocycles. The lowest BCUT2D eigenvalue weighted by Crippen LogP contribution is -2.41. The molecule has 2 aromatic rings. The van der Waals surface area contributed by atoms with Crippen molar-refractivity contribution in [3.05, 3.63) is 18.0 Å². The number of anilines is 1. The number of fused-ring (bicyclic) bond motifs is 1. The van der Waals surface area contributed by atoms with Gasteiger partial charge in [-0.1, -0.05) is 0 Å². The molecule has 0 bridgehead atoms. The molecule has 1 saturated heterocycles. The maximum atomic E-state index is 12.2. The summed E-state index contributed by atoms with van der Waals surface area (Å²) in [5.74, 6) is 2.43. The molecule has 2 amide bonds. The molecular weight excluding hydrogens is 306 g/mol. The van der Waals surface area contributed by atoms with Crippen molar-refractivity contribution in [2.75, 3.05) is 45.2 Å². The highest BCUT2D eigenvalue weighted by molar-refractivity contribution is 5.73. The van der Waals surface area contributed by atoms with Crippen molar-refractivity contribution in [3.63, 3.8) is 0 Å². The Morgan fingerprint density at radius 2 is 1.96 bits per heavy atom. The van der Waals surface area contributed by atoms with Crippen LogP contribution in [-0.2, 0) is 0 Å². The van der Waals surface area contributed by atoms with Crippen LogP contribution in [0, 0.1) is 0 Å². The number of aromatic nitrogens is 4. The second-order valence-corrected chi connectivity index (χ2v) is 6.80. The summed E-state index contributed by atoms with van der Waals surface area (Å²) in [5, 5.41) is 13.3. The van der Waals surface area contributed by atoms with E-state index in [-0.39, 0.29) is 6.03 Å². The number of amides is 2. The van der Waals surface area contributed by atoms with Gasteiger partial charge in [0.1, 0.15) is 5.82 Å². The quantitative estimate of drug-likeness (QED) is 0.828. The molecule has 0 radical (unpaired) electrons. The Balaban J connectivity index is 1.54. The molecule has 3 heterocycles. The molecule has 0 spiro atoms. The van der Waals surface area contributed by atoms with E-state index in [1.807, 2.05) is 21.5 Å². The normalized spacial score (nSPS) is 18.8. The third-order valence-corrected chi connectivity index (χ3v) is 4.69. The number of rotatable bonds is 2. The summed E-state index contributed by atoms with van der Waals surface area (Å²) in [4.78, 5) is 18.0. The van der Waals surface area contributed by atoms with E-state index in [1.54, 1.807) is 19.0 Å². The van der Waals surface area contributed by atoms with Gasteiger partial charge in [-0.3, -0.25) is 0 Å². The van der Waals surface area contributed by atoms with Gasteiger partial charge in [-0.05, 0) is 31.4 Å². The van der Waals surface area contributed by atoms with Gasteiger partial charge in [-0.15, -0.1) is 15.3 Å². The van der Waals surface area contributed by atoms with Crippen LogP contribution < -0.4 is 4.90 Å². The summed E-state index contributed by atoms with van der Waals surface area (Å²) in [7, 11) is 3.60. The van der Waals surface area contributed by atoms with Crippen molar-refractivity contribution in [1.29, 1.82) is 0 Å². The lowest BCUT2D eigenvalue weighted by atomic mass is 10.3. The first-order valence-corrected chi connectivity index (χ1v) is 8.57. The fourth-order valence-corrected chi connectivity index (χ4v) is 3.18. The van der Waals surface area contributed by atoms with E-state index in [0.29, 0.717) is 12.5 Å². The van der Waals surface area contributed by atoms with Crippen LogP contribution in [0.15, 0.2) is 12.1 Å². The lowest BCUT2D eigenvalue weighted by Gasteiger charge is -2.25. The first-order valence-electron chi connectivity index (χ1n) is 8.57. The minimum Gasteiger partial charge on any atom is -0.353 e. The van der Waals surface area contributed by atoms with E-state index in [4.69, 9.17) is 5.10 Å². The highest BCUT2D eigenvalue weighted by Gasteiger charge is 2.29. The van der Waals surface area contributed by atoms with E-state index in [1.165, 1.54) is 12.8 Å². The van der Waals surface area contributed by atoms with Crippen molar-refractivity contribution in [3.8, 4) is 0 Å². The number of carbonyl (C=O) groups excluding carboxylic acids is 1. The standard InChI is InChI=1S/C16H23N7O/c1-20(2)16(24)22-9-3-8-21(10-11-22)14-7-6-13-17-18-15(12-4-5-12)23(13)19-14/h6-7,12H,3-5,8-11H2,1-2H3. The zero-order chi connectivity index (χ0) is 16.7. The average molecular weight is 329 g/mol. The second-order valence-electron chi connectivity index (χ2n) is 6.80. The molecule has 0 N–H and O–H groups in total. The molecule has 0 aromatic carbocycles. The van der Waals surface area contributed by atoms with Crippen molar-refractivity contribution < 1.29 is 4.79 Å².